The number of aliphatic hydroxyl groups is 1. The first-order valence-corrected chi connectivity index (χ1v) is 6.79. The first-order valence-electron chi connectivity index (χ1n) is 6.79. The van der Waals surface area contributed by atoms with Gasteiger partial charge < -0.3 is 10.8 Å². The van der Waals surface area contributed by atoms with Crippen LogP contribution in [0.5, 0.6) is 0 Å². The number of hydrogen-bond donors (Lipinski definition) is 2. The van der Waals surface area contributed by atoms with Gasteiger partial charge in [-0.25, -0.2) is 4.98 Å². The molecule has 3 N–H and O–H groups in total. The van der Waals surface area contributed by atoms with Crippen LogP contribution in [-0.4, -0.2) is 10.1 Å². The molecule has 1 saturated carbocycles. The van der Waals surface area contributed by atoms with Crippen molar-refractivity contribution in [2.24, 2.45) is 11.3 Å². The van der Waals surface area contributed by atoms with Gasteiger partial charge in [0.2, 0.25) is 0 Å². The Labute approximate surface area is 109 Å². The van der Waals surface area contributed by atoms with Gasteiger partial charge in [0.25, 0.3) is 0 Å². The Hall–Kier alpha value is -1.09. The summed E-state index contributed by atoms with van der Waals surface area (Å²) in [6, 6.07) is 3.78. The smallest absolute Gasteiger partial charge is 0.129 e. The molecule has 3 heteroatoms. The number of nitrogens with two attached hydrogens (primary N) is 1. The molecule has 3 nitrogen and oxygen atoms in total. The van der Waals surface area contributed by atoms with Crippen LogP contribution >= 0.6 is 0 Å². The van der Waals surface area contributed by atoms with Crippen LogP contribution in [0.2, 0.25) is 0 Å². The maximum Gasteiger partial charge on any atom is 0.129 e. The Bertz CT molecular complexity index is 425. The highest BCUT2D eigenvalue weighted by Crippen LogP contribution is 2.50. The number of pyridine rings is 1. The summed E-state index contributed by atoms with van der Waals surface area (Å²) in [6.45, 7) is 6.58. The van der Waals surface area contributed by atoms with E-state index in [2.05, 4.69) is 25.8 Å². The van der Waals surface area contributed by atoms with Crippen LogP contribution < -0.4 is 5.73 Å². The van der Waals surface area contributed by atoms with E-state index in [9.17, 15) is 5.11 Å². The van der Waals surface area contributed by atoms with Crippen molar-refractivity contribution in [2.75, 3.05) is 5.73 Å². The SMILES string of the molecule is CC(C)(C)C1CCCCC1(O)c1cccnc1N. The third-order valence-electron chi connectivity index (χ3n) is 4.23. The quantitative estimate of drug-likeness (QED) is 0.803. The molecule has 1 aliphatic carbocycles. The molecule has 2 rings (SSSR count). The summed E-state index contributed by atoms with van der Waals surface area (Å²) in [7, 11) is 0. The van der Waals surface area contributed by atoms with Crippen LogP contribution in [0.25, 0.3) is 0 Å². The molecule has 2 unspecified atom stereocenters. The second-order valence-corrected chi connectivity index (χ2v) is 6.52. The van der Waals surface area contributed by atoms with Gasteiger partial charge in [-0.3, -0.25) is 0 Å². The molecule has 2 atom stereocenters. The van der Waals surface area contributed by atoms with Crippen LogP contribution in [-0.2, 0) is 5.60 Å². The summed E-state index contributed by atoms with van der Waals surface area (Å²) in [5.41, 5.74) is 6.02. The van der Waals surface area contributed by atoms with Crippen molar-refractivity contribution >= 4 is 5.82 Å². The van der Waals surface area contributed by atoms with Gasteiger partial charge in [0.15, 0.2) is 0 Å². The molecular formula is C15H24N2O. The van der Waals surface area contributed by atoms with Crippen molar-refractivity contribution in [3.63, 3.8) is 0 Å². The molecule has 0 aromatic carbocycles. The van der Waals surface area contributed by atoms with E-state index in [1.165, 1.54) is 6.42 Å². The normalized spacial score (nSPS) is 29.2. The van der Waals surface area contributed by atoms with Gasteiger partial charge in [0, 0.05) is 11.8 Å². The van der Waals surface area contributed by atoms with Crippen LogP contribution in [0.4, 0.5) is 5.82 Å². The Kier molecular flexibility index (Phi) is 3.37. The lowest BCUT2D eigenvalue weighted by Gasteiger charge is -2.47. The van der Waals surface area contributed by atoms with Gasteiger partial charge in [0.05, 0.1) is 5.60 Å². The second-order valence-electron chi connectivity index (χ2n) is 6.52. The predicted octanol–water partition coefficient (Wildman–Crippen LogP) is 3.09. The molecule has 0 spiro atoms. The zero-order valence-corrected chi connectivity index (χ0v) is 11.6. The summed E-state index contributed by atoms with van der Waals surface area (Å²) in [5.74, 6) is 0.696. The summed E-state index contributed by atoms with van der Waals surface area (Å²) in [5, 5.41) is 11.2. The van der Waals surface area contributed by atoms with Crippen LogP contribution in [0, 0.1) is 11.3 Å². The molecule has 1 aliphatic rings. The average molecular weight is 248 g/mol. The molecular weight excluding hydrogens is 224 g/mol. The molecule has 1 fully saturated rings. The standard InChI is InChI=1S/C15H24N2O/c1-14(2,3)12-8-4-5-9-15(12,18)11-7-6-10-17-13(11)16/h6-7,10,12,18H,4-5,8-9H2,1-3H3,(H2,16,17). The fourth-order valence-corrected chi connectivity index (χ4v) is 3.41. The third-order valence-corrected chi connectivity index (χ3v) is 4.23. The largest absolute Gasteiger partial charge is 0.385 e. The van der Waals surface area contributed by atoms with Crippen LogP contribution in [0.1, 0.15) is 52.0 Å². The Balaban J connectivity index is 2.46. The number of aromatic nitrogens is 1. The van der Waals surface area contributed by atoms with Crippen molar-refractivity contribution in [1.29, 1.82) is 0 Å². The van der Waals surface area contributed by atoms with Crippen molar-refractivity contribution in [3.05, 3.63) is 23.9 Å². The predicted molar refractivity (Wildman–Crippen MR) is 74.0 cm³/mol. The fourth-order valence-electron chi connectivity index (χ4n) is 3.41. The molecule has 0 radical (unpaired) electrons. The van der Waals surface area contributed by atoms with Gasteiger partial charge in [-0.15, -0.1) is 0 Å². The summed E-state index contributed by atoms with van der Waals surface area (Å²) < 4.78 is 0. The first kappa shape index (κ1) is 13.3. The van der Waals surface area contributed by atoms with E-state index in [-0.39, 0.29) is 11.3 Å². The van der Waals surface area contributed by atoms with Gasteiger partial charge in [0.1, 0.15) is 5.82 Å². The second kappa shape index (κ2) is 4.54. The third kappa shape index (κ3) is 2.24. The highest BCUT2D eigenvalue weighted by atomic mass is 16.3. The molecule has 0 saturated heterocycles. The van der Waals surface area contributed by atoms with Crippen molar-refractivity contribution < 1.29 is 5.11 Å². The lowest BCUT2D eigenvalue weighted by molar-refractivity contribution is -0.0955. The van der Waals surface area contributed by atoms with Gasteiger partial charge in [-0.1, -0.05) is 39.7 Å². The van der Waals surface area contributed by atoms with E-state index in [0.29, 0.717) is 5.82 Å². The summed E-state index contributed by atoms with van der Waals surface area (Å²) in [6.07, 6.45) is 5.75. The van der Waals surface area contributed by atoms with Crippen LogP contribution in [0.3, 0.4) is 0 Å². The lowest BCUT2D eigenvalue weighted by atomic mass is 9.61. The van der Waals surface area contributed by atoms with E-state index in [4.69, 9.17) is 5.73 Å². The maximum atomic E-state index is 11.2. The van der Waals surface area contributed by atoms with E-state index < -0.39 is 5.60 Å². The maximum absolute atomic E-state index is 11.2. The Morgan fingerprint density at radius 3 is 2.72 bits per heavy atom. The zero-order chi connectivity index (χ0) is 13.4. The van der Waals surface area contributed by atoms with E-state index in [1.54, 1.807) is 6.20 Å². The molecule has 18 heavy (non-hydrogen) atoms. The minimum Gasteiger partial charge on any atom is -0.385 e. The number of rotatable bonds is 1. The number of hydrogen-bond acceptors (Lipinski definition) is 3. The van der Waals surface area contributed by atoms with Gasteiger partial charge in [-0.05, 0) is 30.2 Å². The van der Waals surface area contributed by atoms with E-state index >= 15 is 0 Å². The molecule has 1 heterocycles. The zero-order valence-electron chi connectivity index (χ0n) is 11.6. The molecule has 1 aromatic heterocycles. The molecule has 1 aromatic rings. The van der Waals surface area contributed by atoms with Crippen molar-refractivity contribution in [2.45, 2.75) is 52.1 Å². The first-order chi connectivity index (χ1) is 8.36. The molecule has 100 valence electrons. The highest BCUT2D eigenvalue weighted by Gasteiger charge is 2.46. The van der Waals surface area contributed by atoms with E-state index in [0.717, 1.165) is 24.8 Å². The monoisotopic (exact) mass is 248 g/mol. The highest BCUT2D eigenvalue weighted by molar-refractivity contribution is 5.43. The molecule has 0 aliphatic heterocycles. The average Bonchev–Trinajstić information content (AvgIpc) is 2.28. The molecule has 0 amide bonds. The van der Waals surface area contributed by atoms with Crippen molar-refractivity contribution in [1.82, 2.24) is 4.98 Å². The van der Waals surface area contributed by atoms with Gasteiger partial charge >= 0.3 is 0 Å². The fraction of sp³-hybridized carbons (Fsp3) is 0.667. The minimum atomic E-state index is -0.825. The van der Waals surface area contributed by atoms with Gasteiger partial charge in [-0.2, -0.15) is 0 Å². The summed E-state index contributed by atoms with van der Waals surface area (Å²) in [4.78, 5) is 4.13. The number of nitrogens with zero attached hydrogens (tertiary/aromatic N) is 1. The number of anilines is 1. The topological polar surface area (TPSA) is 59.1 Å². The van der Waals surface area contributed by atoms with Crippen molar-refractivity contribution in [3.8, 4) is 0 Å². The van der Waals surface area contributed by atoms with E-state index in [1.807, 2.05) is 12.1 Å². The Morgan fingerprint density at radius 1 is 1.39 bits per heavy atom. The number of nitrogen functional groups attached to an aromatic ring is 1. The Morgan fingerprint density at radius 2 is 2.11 bits per heavy atom. The lowest BCUT2D eigenvalue weighted by Crippen LogP contribution is -2.45. The summed E-state index contributed by atoms with van der Waals surface area (Å²) >= 11 is 0. The minimum absolute atomic E-state index is 0.0669. The molecule has 0 bridgehead atoms. The van der Waals surface area contributed by atoms with Crippen LogP contribution in [0.15, 0.2) is 18.3 Å².